The van der Waals surface area contributed by atoms with Crippen molar-refractivity contribution >= 4 is 11.8 Å². The third kappa shape index (κ3) is 3.71. The van der Waals surface area contributed by atoms with Gasteiger partial charge >= 0.3 is 0 Å². The first-order valence-corrected chi connectivity index (χ1v) is 7.91. The molecular weight excluding hydrogens is 306 g/mol. The molecule has 1 fully saturated rings. The van der Waals surface area contributed by atoms with E-state index < -0.39 is 0 Å². The number of aromatic nitrogens is 1. The predicted molar refractivity (Wildman–Crippen MR) is 88.6 cm³/mol. The van der Waals surface area contributed by atoms with Crippen molar-refractivity contribution in [1.82, 2.24) is 9.88 Å². The molecule has 2 aromatic rings. The van der Waals surface area contributed by atoms with Crippen LogP contribution in [0.25, 0.3) is 0 Å². The number of ether oxygens (including phenoxy) is 1. The van der Waals surface area contributed by atoms with Gasteiger partial charge in [0.05, 0.1) is 0 Å². The van der Waals surface area contributed by atoms with Crippen molar-refractivity contribution < 1.29 is 14.3 Å². The number of rotatable bonds is 4. The van der Waals surface area contributed by atoms with Gasteiger partial charge in [0.2, 0.25) is 11.8 Å². The van der Waals surface area contributed by atoms with Crippen LogP contribution in [0.3, 0.4) is 0 Å². The Balaban J connectivity index is 1.67. The minimum atomic E-state index is -0.284. The number of hydrogen-bond acceptors (Lipinski definition) is 4. The molecule has 2 N–H and O–H groups in total. The van der Waals surface area contributed by atoms with Crippen LogP contribution >= 0.6 is 0 Å². The van der Waals surface area contributed by atoms with E-state index >= 15 is 0 Å². The predicted octanol–water partition coefficient (Wildman–Crippen LogP) is 2.21. The molecule has 1 aliphatic heterocycles. The second-order valence-corrected chi connectivity index (χ2v) is 5.77. The molecule has 2 amide bonds. The van der Waals surface area contributed by atoms with Gasteiger partial charge in [0.1, 0.15) is 5.75 Å². The van der Waals surface area contributed by atoms with Gasteiger partial charge in [0.25, 0.3) is 5.91 Å². The van der Waals surface area contributed by atoms with Crippen molar-refractivity contribution in [2.75, 3.05) is 13.1 Å². The molecule has 1 saturated heterocycles. The van der Waals surface area contributed by atoms with Crippen molar-refractivity contribution in [1.29, 1.82) is 0 Å². The highest BCUT2D eigenvalue weighted by molar-refractivity contribution is 5.94. The minimum absolute atomic E-state index is 0.0654. The lowest BCUT2D eigenvalue weighted by atomic mass is 9.96. The summed E-state index contributed by atoms with van der Waals surface area (Å²) in [5.74, 6) is 0.557. The Morgan fingerprint density at radius 2 is 1.92 bits per heavy atom. The summed E-state index contributed by atoms with van der Waals surface area (Å²) in [6.45, 7) is 1.08. The van der Waals surface area contributed by atoms with Crippen LogP contribution in [0.4, 0.5) is 0 Å². The number of benzene rings is 1. The van der Waals surface area contributed by atoms with Crippen LogP contribution in [-0.2, 0) is 4.79 Å². The van der Waals surface area contributed by atoms with Gasteiger partial charge in [0.15, 0.2) is 0 Å². The lowest BCUT2D eigenvalue weighted by Gasteiger charge is -2.30. The van der Waals surface area contributed by atoms with Crippen molar-refractivity contribution in [3.63, 3.8) is 0 Å². The number of primary amides is 1. The third-order valence-corrected chi connectivity index (χ3v) is 4.13. The van der Waals surface area contributed by atoms with E-state index in [0.29, 0.717) is 43.1 Å². The Labute approximate surface area is 140 Å². The summed E-state index contributed by atoms with van der Waals surface area (Å²) in [6, 6.07) is 12.4. The molecule has 1 aromatic carbocycles. The van der Waals surface area contributed by atoms with E-state index in [0.717, 1.165) is 0 Å². The lowest BCUT2D eigenvalue weighted by molar-refractivity contribution is -0.123. The van der Waals surface area contributed by atoms with E-state index in [1.54, 1.807) is 41.4 Å². The minimum Gasteiger partial charge on any atom is -0.439 e. The number of nitrogens with zero attached hydrogens (tertiary/aromatic N) is 2. The Hall–Kier alpha value is -2.89. The molecule has 0 bridgehead atoms. The fourth-order valence-corrected chi connectivity index (χ4v) is 2.77. The first-order valence-electron chi connectivity index (χ1n) is 7.91. The second-order valence-electron chi connectivity index (χ2n) is 5.77. The molecule has 0 aliphatic carbocycles. The molecule has 124 valence electrons. The molecule has 0 radical (unpaired) electrons. The van der Waals surface area contributed by atoms with E-state index in [1.807, 2.05) is 12.1 Å². The zero-order chi connectivity index (χ0) is 16.9. The smallest absolute Gasteiger partial charge is 0.253 e. The molecule has 0 spiro atoms. The van der Waals surface area contributed by atoms with Crippen LogP contribution in [0.15, 0.2) is 48.7 Å². The molecule has 1 aromatic heterocycles. The van der Waals surface area contributed by atoms with Crippen LogP contribution in [0.5, 0.6) is 11.6 Å². The van der Waals surface area contributed by atoms with Crippen molar-refractivity contribution in [2.45, 2.75) is 12.8 Å². The molecule has 6 nitrogen and oxygen atoms in total. The Morgan fingerprint density at radius 3 is 2.58 bits per heavy atom. The first-order chi connectivity index (χ1) is 11.6. The second kappa shape index (κ2) is 7.12. The summed E-state index contributed by atoms with van der Waals surface area (Å²) in [7, 11) is 0. The molecule has 1 aliphatic rings. The number of likely N-dealkylation sites (tertiary alicyclic amines) is 1. The lowest BCUT2D eigenvalue weighted by Crippen LogP contribution is -2.41. The zero-order valence-corrected chi connectivity index (χ0v) is 13.2. The van der Waals surface area contributed by atoms with Crippen molar-refractivity contribution in [3.8, 4) is 11.6 Å². The van der Waals surface area contributed by atoms with Crippen LogP contribution in [0.1, 0.15) is 23.2 Å². The first kappa shape index (κ1) is 16.0. The molecule has 24 heavy (non-hydrogen) atoms. The normalized spacial score (nSPS) is 15.1. The fourth-order valence-electron chi connectivity index (χ4n) is 2.77. The largest absolute Gasteiger partial charge is 0.439 e. The van der Waals surface area contributed by atoms with Gasteiger partial charge in [0, 0.05) is 36.8 Å². The summed E-state index contributed by atoms with van der Waals surface area (Å²) in [5.41, 5.74) is 5.88. The SMILES string of the molecule is NC(=O)C1CCN(C(=O)c2cccc(Oc3ccccn3)c2)CC1. The van der Waals surface area contributed by atoms with Gasteiger partial charge in [-0.05, 0) is 37.1 Å². The van der Waals surface area contributed by atoms with E-state index in [4.69, 9.17) is 10.5 Å². The Bertz CT molecular complexity index is 725. The average Bonchev–Trinajstić information content (AvgIpc) is 2.62. The highest BCUT2D eigenvalue weighted by Gasteiger charge is 2.26. The molecular formula is C18H19N3O3. The Morgan fingerprint density at radius 1 is 1.12 bits per heavy atom. The zero-order valence-electron chi connectivity index (χ0n) is 13.2. The molecule has 0 saturated carbocycles. The van der Waals surface area contributed by atoms with E-state index in [-0.39, 0.29) is 17.7 Å². The molecule has 0 unspecified atom stereocenters. The average molecular weight is 325 g/mol. The highest BCUT2D eigenvalue weighted by atomic mass is 16.5. The molecule has 3 rings (SSSR count). The molecule has 2 heterocycles. The maximum Gasteiger partial charge on any atom is 0.253 e. The van der Waals surface area contributed by atoms with Gasteiger partial charge in [-0.25, -0.2) is 4.98 Å². The standard InChI is InChI=1S/C18H19N3O3/c19-17(22)13-7-10-21(11-8-13)18(23)14-4-3-5-15(12-14)24-16-6-1-2-9-20-16/h1-6,9,12-13H,7-8,10-11H2,(H2,19,22). The molecule has 0 atom stereocenters. The van der Waals surface area contributed by atoms with E-state index in [9.17, 15) is 9.59 Å². The highest BCUT2D eigenvalue weighted by Crippen LogP contribution is 2.23. The number of hydrogen-bond donors (Lipinski definition) is 1. The van der Waals surface area contributed by atoms with Gasteiger partial charge in [-0.1, -0.05) is 12.1 Å². The number of pyridine rings is 1. The van der Waals surface area contributed by atoms with Crippen LogP contribution in [0.2, 0.25) is 0 Å². The molecule has 6 heteroatoms. The van der Waals surface area contributed by atoms with Crippen LogP contribution in [-0.4, -0.2) is 34.8 Å². The van der Waals surface area contributed by atoms with Gasteiger partial charge in [-0.2, -0.15) is 0 Å². The summed E-state index contributed by atoms with van der Waals surface area (Å²) < 4.78 is 5.66. The fraction of sp³-hybridized carbons (Fsp3) is 0.278. The number of carbonyl (C=O) groups excluding carboxylic acids is 2. The van der Waals surface area contributed by atoms with Gasteiger partial charge in [-0.15, -0.1) is 0 Å². The van der Waals surface area contributed by atoms with E-state index in [1.165, 1.54) is 0 Å². The number of nitrogens with two attached hydrogens (primary N) is 1. The summed E-state index contributed by atoms with van der Waals surface area (Å²) in [6.07, 6.45) is 2.88. The monoisotopic (exact) mass is 325 g/mol. The van der Waals surface area contributed by atoms with Crippen LogP contribution in [0, 0.1) is 5.92 Å². The summed E-state index contributed by atoms with van der Waals surface area (Å²) in [5, 5.41) is 0. The summed E-state index contributed by atoms with van der Waals surface area (Å²) in [4.78, 5) is 29.7. The number of carbonyl (C=O) groups is 2. The Kier molecular flexibility index (Phi) is 4.74. The van der Waals surface area contributed by atoms with Gasteiger partial charge < -0.3 is 15.4 Å². The van der Waals surface area contributed by atoms with E-state index in [2.05, 4.69) is 4.98 Å². The number of amides is 2. The van der Waals surface area contributed by atoms with Gasteiger partial charge in [-0.3, -0.25) is 9.59 Å². The topological polar surface area (TPSA) is 85.5 Å². The maximum absolute atomic E-state index is 12.6. The van der Waals surface area contributed by atoms with Crippen molar-refractivity contribution in [2.24, 2.45) is 11.7 Å². The summed E-state index contributed by atoms with van der Waals surface area (Å²) >= 11 is 0. The third-order valence-electron chi connectivity index (χ3n) is 4.13. The quantitative estimate of drug-likeness (QED) is 0.934. The number of piperidine rings is 1. The maximum atomic E-state index is 12.6. The van der Waals surface area contributed by atoms with Crippen LogP contribution < -0.4 is 10.5 Å². The van der Waals surface area contributed by atoms with Crippen molar-refractivity contribution in [3.05, 3.63) is 54.2 Å².